The van der Waals surface area contributed by atoms with Crippen LogP contribution in [0.3, 0.4) is 0 Å². The van der Waals surface area contributed by atoms with Crippen molar-refractivity contribution in [3.63, 3.8) is 0 Å². The van der Waals surface area contributed by atoms with Crippen LogP contribution in [-0.4, -0.2) is 38.4 Å². The molecule has 2 heterocycles. The van der Waals surface area contributed by atoms with Crippen LogP contribution in [0, 0.1) is 0 Å². The van der Waals surface area contributed by atoms with Crippen molar-refractivity contribution in [3.8, 4) is 0 Å². The molecule has 8 nitrogen and oxygen atoms in total. The van der Waals surface area contributed by atoms with Gasteiger partial charge in [0, 0.05) is 40.5 Å². The lowest BCUT2D eigenvalue weighted by molar-refractivity contribution is -0.307. The number of hydrogen-bond donors (Lipinski definition) is 2. The average molecular weight is 448 g/mol. The number of aliphatic carboxylic acids is 1. The normalized spacial score (nSPS) is 14.4. The third kappa shape index (κ3) is 3.05. The van der Waals surface area contributed by atoms with Gasteiger partial charge in [-0.15, -0.1) is 0 Å². The third-order valence-corrected chi connectivity index (χ3v) is 7.38. The molecule has 0 aliphatic carbocycles. The molecule has 1 amide bonds. The second-order valence-electron chi connectivity index (χ2n) is 7.73. The molecule has 0 unspecified atom stereocenters. The molecule has 0 saturated heterocycles. The first-order chi connectivity index (χ1) is 15.3. The molecular formula is C23H18N3O5S-. The summed E-state index contributed by atoms with van der Waals surface area (Å²) < 4.78 is 28.8. The maximum atomic E-state index is 13.3. The van der Waals surface area contributed by atoms with Crippen molar-refractivity contribution >= 4 is 49.3 Å². The van der Waals surface area contributed by atoms with E-state index in [-0.39, 0.29) is 17.2 Å². The van der Waals surface area contributed by atoms with Gasteiger partial charge in [0.2, 0.25) is 10.0 Å². The monoisotopic (exact) mass is 448 g/mol. The van der Waals surface area contributed by atoms with Crippen LogP contribution in [0.5, 0.6) is 0 Å². The molecule has 2 N–H and O–H groups in total. The number of aromatic amines is 1. The number of nitrogens with one attached hydrogen (secondary N) is 2. The maximum absolute atomic E-state index is 13.3. The molecule has 0 bridgehead atoms. The van der Waals surface area contributed by atoms with Crippen LogP contribution >= 0.6 is 0 Å². The molecule has 162 valence electrons. The van der Waals surface area contributed by atoms with Crippen LogP contribution in [0.15, 0.2) is 65.7 Å². The first-order valence-electron chi connectivity index (χ1n) is 9.90. The van der Waals surface area contributed by atoms with Crippen molar-refractivity contribution in [2.24, 2.45) is 0 Å². The summed E-state index contributed by atoms with van der Waals surface area (Å²) in [6, 6.07) is 13.7. The van der Waals surface area contributed by atoms with E-state index in [0.717, 1.165) is 10.9 Å². The lowest BCUT2D eigenvalue weighted by Crippen LogP contribution is -2.49. The number of carbonyl (C=O) groups excluding carboxylic acids is 2. The van der Waals surface area contributed by atoms with Crippen LogP contribution in [0.1, 0.15) is 15.9 Å². The highest BCUT2D eigenvalue weighted by molar-refractivity contribution is 7.89. The lowest BCUT2D eigenvalue weighted by atomic mass is 10.1. The molecule has 5 rings (SSSR count). The highest BCUT2D eigenvalue weighted by Crippen LogP contribution is 2.39. The minimum atomic E-state index is -4.24. The zero-order chi connectivity index (χ0) is 22.6. The van der Waals surface area contributed by atoms with Crippen molar-refractivity contribution in [2.75, 3.05) is 11.9 Å². The number of anilines is 1. The van der Waals surface area contributed by atoms with Gasteiger partial charge in [0.05, 0.1) is 22.6 Å². The lowest BCUT2D eigenvalue weighted by Gasteiger charge is -2.20. The van der Waals surface area contributed by atoms with Gasteiger partial charge < -0.3 is 19.8 Å². The van der Waals surface area contributed by atoms with Crippen LogP contribution in [0.25, 0.3) is 21.7 Å². The Morgan fingerprint density at radius 2 is 1.84 bits per heavy atom. The number of aromatic nitrogens is 1. The van der Waals surface area contributed by atoms with Gasteiger partial charge in [0.15, 0.2) is 0 Å². The van der Waals surface area contributed by atoms with E-state index in [1.165, 1.54) is 11.0 Å². The summed E-state index contributed by atoms with van der Waals surface area (Å²) >= 11 is 0. The van der Waals surface area contributed by atoms with E-state index in [4.69, 9.17) is 0 Å². The maximum Gasteiger partial charge on any atom is 0.258 e. The quantitative estimate of drug-likeness (QED) is 0.463. The SMILES string of the molecule is CN1C(=O)c2cccc3c(S(=O)(=O)N[C@H](Cc4c[nH]c5ccccc45)C(=O)[O-])ccc1c23. The number of sulfonamides is 1. The summed E-state index contributed by atoms with van der Waals surface area (Å²) in [4.78, 5) is 28.7. The molecular weight excluding hydrogens is 430 g/mol. The summed E-state index contributed by atoms with van der Waals surface area (Å²) in [5.74, 6) is -1.75. The molecule has 1 aliphatic heterocycles. The highest BCUT2D eigenvalue weighted by Gasteiger charge is 2.31. The Morgan fingerprint density at radius 3 is 2.62 bits per heavy atom. The minimum Gasteiger partial charge on any atom is -0.548 e. The van der Waals surface area contributed by atoms with Crippen molar-refractivity contribution in [1.29, 1.82) is 0 Å². The number of fused-ring (bicyclic) bond motifs is 1. The predicted octanol–water partition coefficient (Wildman–Crippen LogP) is 1.55. The summed E-state index contributed by atoms with van der Waals surface area (Å²) in [6.07, 6.45) is 1.57. The molecule has 0 radical (unpaired) electrons. The molecule has 9 heteroatoms. The summed E-state index contributed by atoms with van der Waals surface area (Å²) in [6.45, 7) is 0. The van der Waals surface area contributed by atoms with E-state index in [1.807, 2.05) is 24.3 Å². The minimum absolute atomic E-state index is 0.0892. The molecule has 4 aromatic rings. The zero-order valence-electron chi connectivity index (χ0n) is 17.0. The second kappa shape index (κ2) is 7.18. The Hall–Kier alpha value is -3.69. The van der Waals surface area contributed by atoms with Gasteiger partial charge in [0.1, 0.15) is 0 Å². The van der Waals surface area contributed by atoms with E-state index in [2.05, 4.69) is 9.71 Å². The van der Waals surface area contributed by atoms with E-state index >= 15 is 0 Å². The number of rotatable bonds is 6. The van der Waals surface area contributed by atoms with Crippen molar-refractivity contribution < 1.29 is 23.1 Å². The predicted molar refractivity (Wildman–Crippen MR) is 118 cm³/mol. The fourth-order valence-corrected chi connectivity index (χ4v) is 5.68. The first-order valence-corrected chi connectivity index (χ1v) is 11.4. The third-order valence-electron chi connectivity index (χ3n) is 5.85. The average Bonchev–Trinajstić information content (AvgIpc) is 3.29. The molecule has 1 aromatic heterocycles. The second-order valence-corrected chi connectivity index (χ2v) is 9.41. The van der Waals surface area contributed by atoms with Crippen molar-refractivity contribution in [2.45, 2.75) is 17.4 Å². The molecule has 32 heavy (non-hydrogen) atoms. The standard InChI is InChI=1S/C23H19N3O5S/c1-26-19-9-10-20(15-6-4-7-16(21(15)19)22(26)27)32(30,31)25-18(23(28)29)11-13-12-24-17-8-3-2-5-14(13)17/h2-10,12,18,24-25H,11H2,1H3,(H,28,29)/p-1/t18-/m1/s1. The Labute approximate surface area is 183 Å². The molecule has 0 fully saturated rings. The Kier molecular flexibility index (Phi) is 4.54. The van der Waals surface area contributed by atoms with Gasteiger partial charge in [-0.2, -0.15) is 0 Å². The van der Waals surface area contributed by atoms with Crippen LogP contribution in [0.2, 0.25) is 0 Å². The molecule has 1 atom stereocenters. The molecule has 0 spiro atoms. The number of carboxylic acid groups (broad SMARTS) is 1. The van der Waals surface area contributed by atoms with Crippen LogP contribution in [0.4, 0.5) is 5.69 Å². The Morgan fingerprint density at radius 1 is 1.09 bits per heavy atom. The number of hydrogen-bond acceptors (Lipinski definition) is 5. The molecule has 3 aromatic carbocycles. The smallest absolute Gasteiger partial charge is 0.258 e. The topological polar surface area (TPSA) is 122 Å². The van der Waals surface area contributed by atoms with Gasteiger partial charge in [-0.1, -0.05) is 30.3 Å². The fourth-order valence-electron chi connectivity index (χ4n) is 4.29. The number of benzene rings is 3. The summed E-state index contributed by atoms with van der Waals surface area (Å²) in [5.41, 5.74) is 2.50. The van der Waals surface area contributed by atoms with E-state index in [9.17, 15) is 23.1 Å². The summed E-state index contributed by atoms with van der Waals surface area (Å²) in [7, 11) is -2.62. The van der Waals surface area contributed by atoms with Crippen molar-refractivity contribution in [3.05, 3.63) is 71.9 Å². The van der Waals surface area contributed by atoms with Gasteiger partial charge >= 0.3 is 0 Å². The van der Waals surface area contributed by atoms with E-state index in [0.29, 0.717) is 27.6 Å². The Balaban J connectivity index is 1.54. The van der Waals surface area contributed by atoms with E-state index < -0.39 is 22.0 Å². The number of nitrogens with zero attached hydrogens (tertiary/aromatic N) is 1. The van der Waals surface area contributed by atoms with Gasteiger partial charge in [-0.25, -0.2) is 13.1 Å². The largest absolute Gasteiger partial charge is 0.548 e. The molecule has 1 aliphatic rings. The molecule has 0 saturated carbocycles. The number of carboxylic acids is 1. The number of H-pyrrole nitrogens is 1. The van der Waals surface area contributed by atoms with Gasteiger partial charge in [0.25, 0.3) is 5.91 Å². The van der Waals surface area contributed by atoms with Gasteiger partial charge in [-0.05, 0) is 36.2 Å². The first kappa shape index (κ1) is 20.2. The zero-order valence-corrected chi connectivity index (χ0v) is 17.8. The number of carbonyl (C=O) groups is 2. The van der Waals surface area contributed by atoms with Crippen molar-refractivity contribution in [1.82, 2.24) is 9.71 Å². The van der Waals surface area contributed by atoms with Crippen LogP contribution in [-0.2, 0) is 21.2 Å². The number of para-hydroxylation sites is 1. The summed E-state index contributed by atoms with van der Waals surface area (Å²) in [5, 5.41) is 13.5. The Bertz CT molecular complexity index is 1520. The fraction of sp³-hybridized carbons (Fsp3) is 0.130. The van der Waals surface area contributed by atoms with Gasteiger partial charge in [-0.3, -0.25) is 4.79 Å². The highest BCUT2D eigenvalue weighted by atomic mass is 32.2. The van der Waals surface area contributed by atoms with E-state index in [1.54, 1.807) is 37.5 Å². The number of amides is 1. The van der Waals surface area contributed by atoms with Crippen LogP contribution < -0.4 is 14.7 Å².